The van der Waals surface area contributed by atoms with Gasteiger partial charge in [0.25, 0.3) is 0 Å². The number of nitrogens with zero attached hydrogens (tertiary/aromatic N) is 2. The fourth-order valence-electron chi connectivity index (χ4n) is 0.532. The zero-order valence-corrected chi connectivity index (χ0v) is 7.54. The zero-order chi connectivity index (χ0) is 8.27. The summed E-state index contributed by atoms with van der Waals surface area (Å²) in [5, 5.41) is 2.94. The molecular weight excluding hydrogens is 203 g/mol. The summed E-state index contributed by atoms with van der Waals surface area (Å²) < 4.78 is 0. The van der Waals surface area contributed by atoms with Crippen LogP contribution in [0.3, 0.4) is 0 Å². The lowest BCUT2D eigenvalue weighted by Gasteiger charge is -1.93. The van der Waals surface area contributed by atoms with E-state index in [0.717, 1.165) is 0 Å². The quantitative estimate of drug-likeness (QED) is 0.399. The van der Waals surface area contributed by atoms with Crippen LogP contribution in [0.15, 0.2) is 17.3 Å². The fourth-order valence-corrected chi connectivity index (χ4v) is 1.04. The van der Waals surface area contributed by atoms with Crippen molar-refractivity contribution in [2.75, 3.05) is 0 Å². The number of rotatable bonds is 1. The topological polar surface area (TPSA) is 25.2 Å². The van der Waals surface area contributed by atoms with Crippen molar-refractivity contribution in [2.45, 2.75) is 0 Å². The van der Waals surface area contributed by atoms with Crippen molar-refractivity contribution in [1.29, 1.82) is 0 Å². The second kappa shape index (κ2) is 3.79. The molecule has 0 saturated heterocycles. The molecule has 56 valence electrons. The van der Waals surface area contributed by atoms with Gasteiger partial charge in [0.15, 0.2) is 0 Å². The molecule has 1 heterocycles. The molecule has 0 fully saturated rings. The number of aliphatic imine (C=N–C) groups is 1. The van der Waals surface area contributed by atoms with Gasteiger partial charge in [-0.1, -0.05) is 23.2 Å². The number of hydrogen-bond donors (Lipinski definition) is 0. The van der Waals surface area contributed by atoms with E-state index >= 15 is 0 Å². The van der Waals surface area contributed by atoms with E-state index < -0.39 is 0 Å². The molecule has 0 atom stereocenters. The van der Waals surface area contributed by atoms with Gasteiger partial charge in [-0.2, -0.15) is 4.99 Å². The van der Waals surface area contributed by atoms with E-state index in [9.17, 15) is 0 Å². The molecule has 0 aromatic carbocycles. The Hall–Kier alpha value is -0.470. The number of thiocarbonyl (C=S) groups is 1. The SMILES string of the molecule is S=C=Nc1cnc(Cl)cc1Cl. The Labute approximate surface area is 78.9 Å². The predicted octanol–water partition coefficient (Wildman–Crippen LogP) is 3.12. The Balaban J connectivity index is 3.19. The van der Waals surface area contributed by atoms with E-state index in [1.807, 2.05) is 0 Å². The largest absolute Gasteiger partial charge is 0.242 e. The zero-order valence-electron chi connectivity index (χ0n) is 5.21. The van der Waals surface area contributed by atoms with Gasteiger partial charge >= 0.3 is 0 Å². The van der Waals surface area contributed by atoms with Crippen molar-refractivity contribution < 1.29 is 0 Å². The third-order valence-electron chi connectivity index (χ3n) is 0.967. The summed E-state index contributed by atoms with van der Waals surface area (Å²) in [4.78, 5) is 7.42. The van der Waals surface area contributed by atoms with Crippen LogP contribution in [0, 0.1) is 0 Å². The maximum Gasteiger partial charge on any atom is 0.130 e. The van der Waals surface area contributed by atoms with Gasteiger partial charge in [0.05, 0.1) is 16.4 Å². The summed E-state index contributed by atoms with van der Waals surface area (Å²) in [5.74, 6) is 0. The van der Waals surface area contributed by atoms with E-state index in [4.69, 9.17) is 23.2 Å². The van der Waals surface area contributed by atoms with Crippen molar-refractivity contribution in [1.82, 2.24) is 4.98 Å². The molecule has 0 bridgehead atoms. The number of hydrogen-bond acceptors (Lipinski definition) is 3. The highest BCUT2D eigenvalue weighted by molar-refractivity contribution is 7.78. The molecule has 0 radical (unpaired) electrons. The van der Waals surface area contributed by atoms with Crippen molar-refractivity contribution in [3.63, 3.8) is 0 Å². The van der Waals surface area contributed by atoms with Crippen LogP contribution >= 0.6 is 35.4 Å². The van der Waals surface area contributed by atoms with Crippen LogP contribution in [0.2, 0.25) is 10.2 Å². The highest BCUT2D eigenvalue weighted by Gasteiger charge is 1.98. The Kier molecular flexibility index (Phi) is 2.97. The maximum absolute atomic E-state index is 5.70. The van der Waals surface area contributed by atoms with Crippen LogP contribution in [-0.2, 0) is 0 Å². The molecule has 0 aliphatic carbocycles. The van der Waals surface area contributed by atoms with E-state index in [2.05, 4.69) is 27.4 Å². The minimum absolute atomic E-state index is 0.332. The summed E-state index contributed by atoms with van der Waals surface area (Å²) in [5.41, 5.74) is 0.478. The van der Waals surface area contributed by atoms with Gasteiger partial charge < -0.3 is 0 Å². The second-order valence-corrected chi connectivity index (χ2v) is 2.64. The van der Waals surface area contributed by atoms with Gasteiger partial charge in [0, 0.05) is 0 Å². The maximum atomic E-state index is 5.70. The minimum atomic E-state index is 0.332. The second-order valence-electron chi connectivity index (χ2n) is 1.66. The van der Waals surface area contributed by atoms with Crippen LogP contribution in [0.4, 0.5) is 5.69 Å². The molecule has 2 nitrogen and oxygen atoms in total. The van der Waals surface area contributed by atoms with Crippen LogP contribution in [0.25, 0.3) is 0 Å². The molecule has 1 aromatic rings. The highest BCUT2D eigenvalue weighted by Crippen LogP contribution is 2.25. The summed E-state index contributed by atoms with van der Waals surface area (Å²) in [7, 11) is 0. The molecule has 0 amide bonds. The molecular formula is C6H2Cl2N2S. The lowest BCUT2D eigenvalue weighted by Crippen LogP contribution is -1.74. The molecule has 5 heteroatoms. The first-order valence-corrected chi connectivity index (χ1v) is 3.79. The predicted molar refractivity (Wildman–Crippen MR) is 48.9 cm³/mol. The Morgan fingerprint density at radius 3 is 2.82 bits per heavy atom. The van der Waals surface area contributed by atoms with Crippen molar-refractivity contribution >= 4 is 46.3 Å². The Morgan fingerprint density at radius 2 is 2.27 bits per heavy atom. The van der Waals surface area contributed by atoms with E-state index in [1.165, 1.54) is 12.3 Å². The van der Waals surface area contributed by atoms with Gasteiger partial charge in [-0.05, 0) is 18.3 Å². The number of halogens is 2. The monoisotopic (exact) mass is 204 g/mol. The molecule has 0 N–H and O–H groups in total. The van der Waals surface area contributed by atoms with E-state index in [1.54, 1.807) is 0 Å². The van der Waals surface area contributed by atoms with Crippen LogP contribution in [0.1, 0.15) is 0 Å². The van der Waals surface area contributed by atoms with Crippen LogP contribution < -0.4 is 0 Å². The molecule has 0 aliphatic rings. The number of pyridine rings is 1. The fraction of sp³-hybridized carbons (Fsp3) is 0. The summed E-state index contributed by atoms with van der Waals surface area (Å²) in [6, 6.07) is 1.49. The standard InChI is InChI=1S/C6H2Cl2N2S/c7-4-1-6(8)9-2-5(4)10-3-11/h1-2H. The average molecular weight is 205 g/mol. The van der Waals surface area contributed by atoms with Gasteiger partial charge in [0.2, 0.25) is 0 Å². The number of aromatic nitrogens is 1. The van der Waals surface area contributed by atoms with Crippen LogP contribution in [-0.4, -0.2) is 10.1 Å². The van der Waals surface area contributed by atoms with Crippen LogP contribution in [0.5, 0.6) is 0 Å². The van der Waals surface area contributed by atoms with Gasteiger partial charge in [-0.15, -0.1) is 0 Å². The van der Waals surface area contributed by atoms with E-state index in [-0.39, 0.29) is 0 Å². The molecule has 0 saturated carbocycles. The number of isothiocyanates is 1. The van der Waals surface area contributed by atoms with Gasteiger partial charge in [-0.3, -0.25) is 0 Å². The highest BCUT2D eigenvalue weighted by atomic mass is 35.5. The first-order chi connectivity index (χ1) is 5.24. The normalized spacial score (nSPS) is 8.91. The average Bonchev–Trinajstić information content (AvgIpc) is 1.95. The molecule has 11 heavy (non-hydrogen) atoms. The Morgan fingerprint density at radius 1 is 1.55 bits per heavy atom. The summed E-state index contributed by atoms with van der Waals surface area (Å²) >= 11 is 15.6. The van der Waals surface area contributed by atoms with Crippen molar-refractivity contribution in [2.24, 2.45) is 4.99 Å². The minimum Gasteiger partial charge on any atom is -0.242 e. The summed E-state index contributed by atoms with van der Waals surface area (Å²) in [6.45, 7) is 0. The molecule has 0 unspecified atom stereocenters. The van der Waals surface area contributed by atoms with Gasteiger partial charge in [0.1, 0.15) is 10.8 Å². The third-order valence-corrected chi connectivity index (χ3v) is 1.57. The third kappa shape index (κ3) is 2.24. The van der Waals surface area contributed by atoms with Crippen molar-refractivity contribution in [3.05, 3.63) is 22.4 Å². The molecule has 1 rings (SSSR count). The first kappa shape index (κ1) is 8.62. The molecule has 1 aromatic heterocycles. The lowest BCUT2D eigenvalue weighted by atomic mass is 10.4. The lowest BCUT2D eigenvalue weighted by molar-refractivity contribution is 1.31. The Bertz CT molecular complexity index is 320. The van der Waals surface area contributed by atoms with E-state index in [0.29, 0.717) is 15.9 Å². The summed E-state index contributed by atoms with van der Waals surface area (Å²) in [6.07, 6.45) is 1.43. The van der Waals surface area contributed by atoms with Gasteiger partial charge in [-0.25, -0.2) is 4.98 Å². The molecule has 0 spiro atoms. The first-order valence-electron chi connectivity index (χ1n) is 2.63. The molecule has 0 aliphatic heterocycles. The van der Waals surface area contributed by atoms with Crippen molar-refractivity contribution in [3.8, 4) is 0 Å². The smallest absolute Gasteiger partial charge is 0.130 e.